The van der Waals surface area contributed by atoms with E-state index in [1.807, 2.05) is 0 Å². The molecular weight excluding hydrogens is 570 g/mol. The van der Waals surface area contributed by atoms with Crippen LogP contribution in [0.2, 0.25) is 10.0 Å². The van der Waals surface area contributed by atoms with Gasteiger partial charge in [0.2, 0.25) is 0 Å². The predicted octanol–water partition coefficient (Wildman–Crippen LogP) is 2.30. The SMILES string of the molecule is [Co+2].[O-]/C(=N\N=C/c1ccco1)c1ccc(Cl)cc1.[O-]/C(=N\N=C/c1ccco1)c1ccc(Cl)cc1.[OH3+].[OH3+]. The molecule has 37 heavy (non-hydrogen) atoms. The predicted molar refractivity (Wildman–Crippen MR) is 138 cm³/mol. The molecule has 0 saturated carbocycles. The summed E-state index contributed by atoms with van der Waals surface area (Å²) in [6.07, 6.45) is 5.77. The number of rotatable bonds is 6. The maximum atomic E-state index is 11.5. The molecule has 2 heterocycles. The van der Waals surface area contributed by atoms with Gasteiger partial charge in [-0.25, -0.2) is 0 Å². The molecule has 4 aromatic rings. The first kappa shape index (κ1) is 33.3. The van der Waals surface area contributed by atoms with Crippen LogP contribution in [-0.2, 0) is 27.7 Å². The van der Waals surface area contributed by atoms with Crippen molar-refractivity contribution in [2.45, 2.75) is 0 Å². The van der Waals surface area contributed by atoms with Gasteiger partial charge < -0.3 is 30.0 Å². The van der Waals surface area contributed by atoms with Crippen LogP contribution < -0.4 is 10.2 Å². The van der Waals surface area contributed by atoms with Crippen molar-refractivity contribution in [2.75, 3.05) is 0 Å². The first-order valence-corrected chi connectivity index (χ1v) is 10.4. The third-order valence-electron chi connectivity index (χ3n) is 3.94. The summed E-state index contributed by atoms with van der Waals surface area (Å²) in [6.45, 7) is 0. The molecule has 2 aromatic carbocycles. The Bertz CT molecular complexity index is 1170. The summed E-state index contributed by atoms with van der Waals surface area (Å²) in [7, 11) is 0. The normalized spacial score (nSPS) is 11.2. The van der Waals surface area contributed by atoms with E-state index in [0.29, 0.717) is 32.7 Å². The third kappa shape index (κ3) is 11.7. The summed E-state index contributed by atoms with van der Waals surface area (Å²) in [6, 6.07) is 19.8. The summed E-state index contributed by atoms with van der Waals surface area (Å²) in [5.74, 6) is 0.226. The van der Waals surface area contributed by atoms with Crippen LogP contribution in [0.1, 0.15) is 22.6 Å². The molecule has 0 amide bonds. The minimum Gasteiger partial charge on any atom is -0.857 e. The smallest absolute Gasteiger partial charge is 0.857 e. The Hall–Kier alpha value is -3.71. The minimum atomic E-state index is -0.426. The van der Waals surface area contributed by atoms with Gasteiger partial charge in [0.25, 0.3) is 0 Å². The first-order valence-electron chi connectivity index (χ1n) is 9.66. The van der Waals surface area contributed by atoms with Gasteiger partial charge in [0.05, 0.1) is 25.0 Å². The van der Waals surface area contributed by atoms with Crippen LogP contribution >= 0.6 is 23.2 Å². The van der Waals surface area contributed by atoms with Crippen molar-refractivity contribution in [3.8, 4) is 0 Å². The van der Waals surface area contributed by atoms with E-state index in [-0.39, 0.29) is 27.7 Å². The Morgan fingerprint density at radius 2 is 0.973 bits per heavy atom. The van der Waals surface area contributed by atoms with E-state index in [1.54, 1.807) is 72.8 Å². The summed E-state index contributed by atoms with van der Waals surface area (Å²) >= 11 is 11.4. The van der Waals surface area contributed by atoms with Gasteiger partial charge in [-0.05, 0) is 59.7 Å². The van der Waals surface area contributed by atoms with Crippen LogP contribution in [0.4, 0.5) is 0 Å². The van der Waals surface area contributed by atoms with E-state index in [1.165, 1.54) is 25.0 Å². The summed E-state index contributed by atoms with van der Waals surface area (Å²) in [4.78, 5) is 0. The number of nitrogens with zero attached hydrogens (tertiary/aromatic N) is 4. The van der Waals surface area contributed by atoms with Gasteiger partial charge in [0.1, 0.15) is 11.5 Å². The first-order chi connectivity index (χ1) is 16.5. The summed E-state index contributed by atoms with van der Waals surface area (Å²) < 4.78 is 10.00. The minimum absolute atomic E-state index is 0. The van der Waals surface area contributed by atoms with E-state index < -0.39 is 11.8 Å². The summed E-state index contributed by atoms with van der Waals surface area (Å²) in [5.41, 5.74) is 0.872. The van der Waals surface area contributed by atoms with E-state index in [4.69, 9.17) is 32.0 Å². The Kier molecular flexibility index (Phi) is 15.9. The van der Waals surface area contributed by atoms with E-state index >= 15 is 0 Å². The quantitative estimate of drug-likeness (QED) is 0.144. The van der Waals surface area contributed by atoms with Gasteiger partial charge in [0.15, 0.2) is 0 Å². The van der Waals surface area contributed by atoms with Crippen molar-refractivity contribution < 1.29 is 46.8 Å². The molecule has 0 aliphatic carbocycles. The Balaban J connectivity index is 0.000000648. The van der Waals surface area contributed by atoms with Gasteiger partial charge in [-0.2, -0.15) is 20.4 Å². The van der Waals surface area contributed by atoms with Crippen molar-refractivity contribution in [3.63, 3.8) is 0 Å². The fourth-order valence-electron chi connectivity index (χ4n) is 2.31. The number of hydrogen-bond donors (Lipinski definition) is 0. The number of benzene rings is 2. The molecule has 1 radical (unpaired) electrons. The van der Waals surface area contributed by atoms with Crippen molar-refractivity contribution in [1.82, 2.24) is 0 Å². The van der Waals surface area contributed by atoms with Crippen LogP contribution in [0.5, 0.6) is 0 Å². The largest absolute Gasteiger partial charge is 2.00 e. The molecule has 0 atom stereocenters. The van der Waals surface area contributed by atoms with E-state index in [0.717, 1.165) is 0 Å². The Morgan fingerprint density at radius 1 is 0.622 bits per heavy atom. The molecule has 0 saturated heterocycles. The Labute approximate surface area is 232 Å². The van der Waals surface area contributed by atoms with Gasteiger partial charge in [-0.3, -0.25) is 0 Å². The molecule has 2 aromatic heterocycles. The maximum absolute atomic E-state index is 11.5. The Morgan fingerprint density at radius 3 is 1.27 bits per heavy atom. The topological polar surface area (TPSA) is 188 Å². The average Bonchev–Trinajstić information content (AvgIpc) is 3.55. The van der Waals surface area contributed by atoms with E-state index in [2.05, 4.69) is 20.4 Å². The van der Waals surface area contributed by atoms with Gasteiger partial charge in [0, 0.05) is 21.8 Å². The monoisotopic (exact) mass is 591 g/mol. The fourth-order valence-corrected chi connectivity index (χ4v) is 2.56. The van der Waals surface area contributed by atoms with Crippen LogP contribution in [0, 0.1) is 0 Å². The molecule has 10 nitrogen and oxygen atoms in total. The molecule has 0 bridgehead atoms. The van der Waals surface area contributed by atoms with Crippen LogP contribution in [-0.4, -0.2) is 24.2 Å². The molecule has 4 rings (SSSR count). The molecule has 0 unspecified atom stereocenters. The van der Waals surface area contributed by atoms with Crippen molar-refractivity contribution in [1.29, 1.82) is 0 Å². The molecule has 0 aliphatic heterocycles. The van der Waals surface area contributed by atoms with Crippen LogP contribution in [0.15, 0.2) is 115 Å². The number of furan rings is 2. The zero-order chi connectivity index (χ0) is 24.2. The third-order valence-corrected chi connectivity index (χ3v) is 4.44. The van der Waals surface area contributed by atoms with Crippen molar-refractivity contribution in [3.05, 3.63) is 118 Å². The van der Waals surface area contributed by atoms with Gasteiger partial charge in [-0.1, -0.05) is 47.5 Å². The van der Waals surface area contributed by atoms with Gasteiger partial charge in [-0.15, -0.1) is 0 Å². The number of hydrogen-bond acceptors (Lipinski definition) is 8. The molecule has 0 aliphatic rings. The molecule has 13 heteroatoms. The van der Waals surface area contributed by atoms with Crippen molar-refractivity contribution >= 4 is 47.4 Å². The zero-order valence-electron chi connectivity index (χ0n) is 18.9. The molecular formula is C24H22Cl2CoN4O6+2. The van der Waals surface area contributed by atoms with Crippen molar-refractivity contribution in [2.24, 2.45) is 20.4 Å². The molecule has 0 fully saturated rings. The second-order valence-corrected chi connectivity index (χ2v) is 7.22. The number of halogens is 2. The molecule has 6 N–H and O–H groups in total. The zero-order valence-corrected chi connectivity index (χ0v) is 21.5. The fraction of sp³-hybridized carbons (Fsp3) is 0. The van der Waals surface area contributed by atoms with E-state index in [9.17, 15) is 10.2 Å². The average molecular weight is 592 g/mol. The maximum Gasteiger partial charge on any atom is 2.00 e. The summed E-state index contributed by atoms with van der Waals surface area (Å²) in [5, 5.41) is 38.5. The second-order valence-electron chi connectivity index (χ2n) is 6.34. The van der Waals surface area contributed by atoms with Crippen LogP contribution in [0.3, 0.4) is 0 Å². The standard InChI is InChI=1S/2C12H9ClN2O2.Co.2H2O/c2*13-10-5-3-9(4-6-10)12(16)15-14-8-11-2-1-7-17-11;;;/h2*1-8H,(H,15,16);;2*1H2/q;;+2;;/b2*14-8-;;;. The van der Waals surface area contributed by atoms with Crippen LogP contribution in [0.25, 0.3) is 0 Å². The van der Waals surface area contributed by atoms with Gasteiger partial charge >= 0.3 is 16.8 Å². The molecule has 0 spiro atoms. The molecule has 195 valence electrons. The second kappa shape index (κ2) is 17.7.